The Bertz CT molecular complexity index is 838. The van der Waals surface area contributed by atoms with Crippen LogP contribution in [0.5, 0.6) is 0 Å². The van der Waals surface area contributed by atoms with E-state index in [1.165, 1.54) is 17.0 Å². The van der Waals surface area contributed by atoms with E-state index in [2.05, 4.69) is 5.32 Å². The molecular weight excluding hydrogens is 350 g/mol. The number of carbonyl (C=O) groups is 2. The van der Waals surface area contributed by atoms with Gasteiger partial charge in [0.1, 0.15) is 5.69 Å². The second kappa shape index (κ2) is 8.79. The van der Waals surface area contributed by atoms with Crippen LogP contribution in [0.15, 0.2) is 48.5 Å². The number of nitrogens with one attached hydrogen (secondary N) is 1. The second-order valence-electron chi connectivity index (χ2n) is 5.91. The maximum Gasteiger partial charge on any atom is 0.338 e. The van der Waals surface area contributed by atoms with Gasteiger partial charge >= 0.3 is 5.97 Å². The predicted octanol–water partition coefficient (Wildman–Crippen LogP) is 3.01. The molecule has 2 rings (SSSR count). The van der Waals surface area contributed by atoms with Gasteiger partial charge in [-0.15, -0.1) is 0 Å². The summed E-state index contributed by atoms with van der Waals surface area (Å²) in [6.07, 6.45) is 0. The molecule has 27 heavy (non-hydrogen) atoms. The van der Waals surface area contributed by atoms with Crippen molar-refractivity contribution >= 4 is 23.3 Å². The Morgan fingerprint density at radius 1 is 1.22 bits per heavy atom. The van der Waals surface area contributed by atoms with Crippen LogP contribution < -0.4 is 5.32 Å². The number of rotatable bonds is 7. The molecule has 0 aliphatic carbocycles. The van der Waals surface area contributed by atoms with Crippen molar-refractivity contribution in [1.82, 2.24) is 4.90 Å². The smallest absolute Gasteiger partial charge is 0.338 e. The van der Waals surface area contributed by atoms with Crippen LogP contribution in [0, 0.1) is 10.1 Å². The van der Waals surface area contributed by atoms with E-state index < -0.39 is 17.5 Å². The number of nitro groups is 1. The average Bonchev–Trinajstić information content (AvgIpc) is 2.70. The molecule has 8 heteroatoms. The lowest BCUT2D eigenvalue weighted by molar-refractivity contribution is -0.384. The first kappa shape index (κ1) is 19.9. The summed E-state index contributed by atoms with van der Waals surface area (Å²) in [4.78, 5) is 36.4. The summed E-state index contributed by atoms with van der Waals surface area (Å²) < 4.78 is 5.03. The molecule has 0 spiro atoms. The van der Waals surface area contributed by atoms with E-state index in [1.807, 2.05) is 37.3 Å². The molecule has 0 fully saturated rings. The lowest BCUT2D eigenvalue weighted by Gasteiger charge is -2.25. The van der Waals surface area contributed by atoms with Gasteiger partial charge in [0, 0.05) is 20.2 Å². The van der Waals surface area contributed by atoms with Crippen LogP contribution in [-0.4, -0.2) is 42.4 Å². The summed E-state index contributed by atoms with van der Waals surface area (Å²) in [6.45, 7) is 1.42. The molecule has 2 aromatic carbocycles. The summed E-state index contributed by atoms with van der Waals surface area (Å²) in [5.74, 6) is -1.17. The molecule has 1 amide bonds. The molecule has 0 radical (unpaired) electrons. The van der Waals surface area contributed by atoms with Gasteiger partial charge in [0.2, 0.25) is 0 Å². The quantitative estimate of drug-likeness (QED) is 0.456. The first-order chi connectivity index (χ1) is 12.8. The van der Waals surface area contributed by atoms with E-state index in [0.717, 1.165) is 11.6 Å². The van der Waals surface area contributed by atoms with Crippen LogP contribution in [0.4, 0.5) is 11.4 Å². The number of nitrogens with zero attached hydrogens (tertiary/aromatic N) is 2. The first-order valence-corrected chi connectivity index (χ1v) is 8.29. The van der Waals surface area contributed by atoms with Crippen molar-refractivity contribution in [1.29, 1.82) is 0 Å². The van der Waals surface area contributed by atoms with Crippen LogP contribution >= 0.6 is 0 Å². The van der Waals surface area contributed by atoms with Gasteiger partial charge in [-0.3, -0.25) is 14.9 Å². The number of likely N-dealkylation sites (N-methyl/N-ethyl adjacent to an activating group) is 1. The molecular formula is C19H21N3O5. The van der Waals surface area contributed by atoms with E-state index in [-0.39, 0.29) is 28.9 Å². The zero-order chi connectivity index (χ0) is 20.0. The summed E-state index contributed by atoms with van der Waals surface area (Å²) in [6, 6.07) is 13.2. The average molecular weight is 371 g/mol. The van der Waals surface area contributed by atoms with E-state index >= 15 is 0 Å². The summed E-state index contributed by atoms with van der Waals surface area (Å²) in [7, 11) is 3.17. The number of anilines is 1. The zero-order valence-corrected chi connectivity index (χ0v) is 15.3. The van der Waals surface area contributed by atoms with Crippen molar-refractivity contribution < 1.29 is 19.2 Å². The van der Waals surface area contributed by atoms with Crippen LogP contribution in [-0.2, 0) is 9.53 Å². The highest BCUT2D eigenvalue weighted by Gasteiger charge is 2.21. The maximum absolute atomic E-state index is 12.3. The van der Waals surface area contributed by atoms with Gasteiger partial charge in [-0.2, -0.15) is 0 Å². The minimum atomic E-state index is -0.796. The Labute approximate surface area is 156 Å². The largest absolute Gasteiger partial charge is 0.452 e. The Kier molecular flexibility index (Phi) is 6.48. The highest BCUT2D eigenvalue weighted by molar-refractivity contribution is 5.93. The standard InChI is InChI=1S/C19H21N3O5/c1-13(14-7-5-4-6-8-14)21(3)18(23)12-27-19(24)15-9-10-16(20-2)17(11-15)22(25)26/h4-11,13,20H,12H2,1-3H3. The number of carbonyl (C=O) groups excluding carboxylic acids is 2. The molecule has 0 heterocycles. The Balaban J connectivity index is 2.01. The minimum Gasteiger partial charge on any atom is -0.452 e. The highest BCUT2D eigenvalue weighted by Crippen LogP contribution is 2.25. The van der Waals surface area contributed by atoms with E-state index in [0.29, 0.717) is 0 Å². The third-order valence-electron chi connectivity index (χ3n) is 4.28. The van der Waals surface area contributed by atoms with E-state index in [4.69, 9.17) is 4.74 Å². The molecule has 0 aromatic heterocycles. The van der Waals surface area contributed by atoms with Gasteiger partial charge in [0.15, 0.2) is 6.61 Å². The van der Waals surface area contributed by atoms with Crippen molar-refractivity contribution in [2.75, 3.05) is 26.0 Å². The topological polar surface area (TPSA) is 102 Å². The maximum atomic E-state index is 12.3. The van der Waals surface area contributed by atoms with Gasteiger partial charge in [0.25, 0.3) is 11.6 Å². The third-order valence-corrected chi connectivity index (χ3v) is 4.28. The van der Waals surface area contributed by atoms with Crippen LogP contribution in [0.1, 0.15) is 28.9 Å². The molecule has 142 valence electrons. The number of benzene rings is 2. The fraction of sp³-hybridized carbons (Fsp3) is 0.263. The Hall–Kier alpha value is -3.42. The number of amides is 1. The van der Waals surface area contributed by atoms with Crippen molar-refractivity contribution in [3.05, 3.63) is 69.8 Å². The third kappa shape index (κ3) is 4.81. The summed E-state index contributed by atoms with van der Waals surface area (Å²) in [5, 5.41) is 13.8. The van der Waals surface area contributed by atoms with Crippen molar-refractivity contribution in [2.24, 2.45) is 0 Å². The fourth-order valence-corrected chi connectivity index (χ4v) is 2.50. The molecule has 1 atom stereocenters. The zero-order valence-electron chi connectivity index (χ0n) is 15.3. The highest BCUT2D eigenvalue weighted by atomic mass is 16.6. The van der Waals surface area contributed by atoms with Crippen LogP contribution in [0.25, 0.3) is 0 Å². The Morgan fingerprint density at radius 3 is 2.48 bits per heavy atom. The molecule has 0 saturated carbocycles. The van der Waals surface area contributed by atoms with Crippen molar-refractivity contribution in [2.45, 2.75) is 13.0 Å². The van der Waals surface area contributed by atoms with Gasteiger partial charge in [-0.1, -0.05) is 30.3 Å². The molecule has 0 saturated heterocycles. The summed E-state index contributed by atoms with van der Waals surface area (Å²) in [5.41, 5.74) is 1.00. The molecule has 1 unspecified atom stereocenters. The predicted molar refractivity (Wildman–Crippen MR) is 101 cm³/mol. The van der Waals surface area contributed by atoms with Crippen LogP contribution in [0.2, 0.25) is 0 Å². The number of hydrogen-bond donors (Lipinski definition) is 1. The van der Waals surface area contributed by atoms with Crippen LogP contribution in [0.3, 0.4) is 0 Å². The number of esters is 1. The SMILES string of the molecule is CNc1ccc(C(=O)OCC(=O)N(C)C(C)c2ccccc2)cc1[N+](=O)[O-]. The molecule has 0 aliphatic heterocycles. The van der Waals surface area contributed by atoms with E-state index in [9.17, 15) is 19.7 Å². The van der Waals surface area contributed by atoms with Gasteiger partial charge < -0.3 is 15.0 Å². The van der Waals surface area contributed by atoms with Gasteiger partial charge in [0.05, 0.1) is 16.5 Å². The first-order valence-electron chi connectivity index (χ1n) is 8.29. The normalized spacial score (nSPS) is 11.4. The van der Waals surface area contributed by atoms with Gasteiger partial charge in [-0.05, 0) is 24.6 Å². The number of nitro benzene ring substituents is 1. The van der Waals surface area contributed by atoms with E-state index in [1.54, 1.807) is 14.1 Å². The van der Waals surface area contributed by atoms with Crippen molar-refractivity contribution in [3.8, 4) is 0 Å². The number of ether oxygens (including phenoxy) is 1. The molecule has 1 N–H and O–H groups in total. The lowest BCUT2D eigenvalue weighted by Crippen LogP contribution is -2.33. The second-order valence-corrected chi connectivity index (χ2v) is 5.91. The van der Waals surface area contributed by atoms with Gasteiger partial charge in [-0.25, -0.2) is 4.79 Å². The summed E-state index contributed by atoms with van der Waals surface area (Å²) >= 11 is 0. The molecule has 0 aliphatic rings. The lowest BCUT2D eigenvalue weighted by atomic mass is 10.1. The molecule has 2 aromatic rings. The van der Waals surface area contributed by atoms with Crippen molar-refractivity contribution in [3.63, 3.8) is 0 Å². The number of hydrogen-bond acceptors (Lipinski definition) is 6. The molecule has 8 nitrogen and oxygen atoms in total. The Morgan fingerprint density at radius 2 is 1.89 bits per heavy atom. The minimum absolute atomic E-state index is 0.00672. The molecule has 0 bridgehead atoms. The fourth-order valence-electron chi connectivity index (χ4n) is 2.50. The monoisotopic (exact) mass is 371 g/mol.